The Bertz CT molecular complexity index is 538. The van der Waals surface area contributed by atoms with Crippen molar-refractivity contribution in [2.24, 2.45) is 0 Å². The van der Waals surface area contributed by atoms with Crippen molar-refractivity contribution in [3.63, 3.8) is 0 Å². The van der Waals surface area contributed by atoms with Crippen LogP contribution in [0.5, 0.6) is 5.75 Å². The van der Waals surface area contributed by atoms with E-state index in [1.807, 2.05) is 43.3 Å². The van der Waals surface area contributed by atoms with E-state index >= 15 is 0 Å². The summed E-state index contributed by atoms with van der Waals surface area (Å²) >= 11 is 1.77. The highest BCUT2D eigenvalue weighted by atomic mass is 32.2. The molecule has 0 saturated heterocycles. The van der Waals surface area contributed by atoms with Gasteiger partial charge in [0.1, 0.15) is 5.75 Å². The van der Waals surface area contributed by atoms with E-state index in [-0.39, 0.29) is 0 Å². The Morgan fingerprint density at radius 3 is 2.60 bits per heavy atom. The van der Waals surface area contributed by atoms with Gasteiger partial charge in [-0.05, 0) is 38.1 Å². The smallest absolute Gasteiger partial charge is 0.125 e. The lowest BCUT2D eigenvalue weighted by Crippen LogP contribution is -2.04. The maximum absolute atomic E-state index is 9.78. The van der Waals surface area contributed by atoms with E-state index in [1.165, 1.54) is 4.90 Å². The van der Waals surface area contributed by atoms with Gasteiger partial charge in [-0.25, -0.2) is 0 Å². The van der Waals surface area contributed by atoms with Crippen LogP contribution in [0.15, 0.2) is 53.4 Å². The lowest BCUT2D eigenvalue weighted by Gasteiger charge is -2.14. The van der Waals surface area contributed by atoms with Gasteiger partial charge in [0.2, 0.25) is 0 Å². The molecule has 3 heteroatoms. The highest BCUT2D eigenvalue weighted by Crippen LogP contribution is 2.26. The molecule has 2 aromatic rings. The van der Waals surface area contributed by atoms with Gasteiger partial charge in [0, 0.05) is 16.2 Å². The van der Waals surface area contributed by atoms with E-state index < -0.39 is 6.10 Å². The van der Waals surface area contributed by atoms with Crippen LogP contribution < -0.4 is 4.74 Å². The Morgan fingerprint density at radius 2 is 1.90 bits per heavy atom. The minimum absolute atomic E-state index is 0.508. The highest BCUT2D eigenvalue weighted by molar-refractivity contribution is 7.99. The van der Waals surface area contributed by atoms with Crippen molar-refractivity contribution < 1.29 is 9.84 Å². The molecule has 2 nitrogen and oxygen atoms in total. The molecule has 0 amide bonds. The van der Waals surface area contributed by atoms with Crippen LogP contribution in [-0.4, -0.2) is 17.5 Å². The highest BCUT2D eigenvalue weighted by Gasteiger charge is 2.09. The molecular weight excluding hydrogens is 268 g/mol. The molecule has 0 unspecified atom stereocenters. The van der Waals surface area contributed by atoms with Crippen LogP contribution in [0.3, 0.4) is 0 Å². The molecular formula is C17H20O2S. The standard InChI is InChI=1S/C17H20O2S/c1-13-8-9-17(16(12-13)14(2)18)19-10-11-20-15-6-4-3-5-7-15/h3-9,12,14,18H,10-11H2,1-2H3/t14-/m0/s1. The molecule has 0 aliphatic carbocycles. The summed E-state index contributed by atoms with van der Waals surface area (Å²) in [5, 5.41) is 9.78. The van der Waals surface area contributed by atoms with Crippen molar-refractivity contribution in [3.8, 4) is 5.75 Å². The topological polar surface area (TPSA) is 29.5 Å². The zero-order valence-corrected chi connectivity index (χ0v) is 12.7. The average molecular weight is 288 g/mol. The van der Waals surface area contributed by atoms with E-state index in [2.05, 4.69) is 12.1 Å². The molecule has 1 N–H and O–H groups in total. The summed E-state index contributed by atoms with van der Waals surface area (Å²) in [5.41, 5.74) is 1.99. The monoisotopic (exact) mass is 288 g/mol. The lowest BCUT2D eigenvalue weighted by atomic mass is 10.1. The Labute approximate surface area is 124 Å². The van der Waals surface area contributed by atoms with Crippen LogP contribution in [0.1, 0.15) is 24.2 Å². The van der Waals surface area contributed by atoms with Crippen LogP contribution in [0.4, 0.5) is 0 Å². The predicted molar refractivity (Wildman–Crippen MR) is 84.5 cm³/mol. The molecule has 2 rings (SSSR count). The molecule has 0 aromatic heterocycles. The minimum atomic E-state index is -0.508. The molecule has 2 aromatic carbocycles. The van der Waals surface area contributed by atoms with Crippen LogP contribution in [0.2, 0.25) is 0 Å². The molecule has 0 fully saturated rings. The third-order valence-electron chi connectivity index (χ3n) is 2.97. The second kappa shape index (κ2) is 7.36. The summed E-state index contributed by atoms with van der Waals surface area (Å²) in [7, 11) is 0. The first-order chi connectivity index (χ1) is 9.66. The fraction of sp³-hybridized carbons (Fsp3) is 0.294. The first-order valence-corrected chi connectivity index (χ1v) is 7.74. The molecule has 0 saturated carbocycles. The van der Waals surface area contributed by atoms with Gasteiger partial charge in [0.25, 0.3) is 0 Å². The Morgan fingerprint density at radius 1 is 1.15 bits per heavy atom. The summed E-state index contributed by atoms with van der Waals surface area (Å²) in [6, 6.07) is 16.2. The molecule has 0 aliphatic heterocycles. The number of aliphatic hydroxyl groups is 1. The van der Waals surface area contributed by atoms with Crippen LogP contribution >= 0.6 is 11.8 Å². The van der Waals surface area contributed by atoms with Gasteiger partial charge in [-0.3, -0.25) is 0 Å². The van der Waals surface area contributed by atoms with Crippen molar-refractivity contribution >= 4 is 11.8 Å². The molecule has 0 bridgehead atoms. The van der Waals surface area contributed by atoms with Crippen molar-refractivity contribution in [2.75, 3.05) is 12.4 Å². The van der Waals surface area contributed by atoms with Crippen LogP contribution in [-0.2, 0) is 0 Å². The molecule has 20 heavy (non-hydrogen) atoms. The maximum Gasteiger partial charge on any atom is 0.125 e. The molecule has 0 radical (unpaired) electrons. The van der Waals surface area contributed by atoms with Gasteiger partial charge in [-0.15, -0.1) is 11.8 Å². The quantitative estimate of drug-likeness (QED) is 0.637. The summed E-state index contributed by atoms with van der Waals surface area (Å²) in [5.74, 6) is 1.66. The second-order valence-electron chi connectivity index (χ2n) is 4.73. The second-order valence-corrected chi connectivity index (χ2v) is 5.90. The average Bonchev–Trinajstić information content (AvgIpc) is 2.45. The summed E-state index contributed by atoms with van der Waals surface area (Å²) in [6.45, 7) is 4.41. The fourth-order valence-corrected chi connectivity index (χ4v) is 2.71. The Hall–Kier alpha value is -1.45. The van der Waals surface area contributed by atoms with Gasteiger partial charge in [-0.1, -0.05) is 29.8 Å². The number of rotatable bonds is 6. The number of aliphatic hydroxyl groups excluding tert-OH is 1. The van der Waals surface area contributed by atoms with Gasteiger partial charge in [-0.2, -0.15) is 0 Å². The molecule has 0 spiro atoms. The van der Waals surface area contributed by atoms with Crippen molar-refractivity contribution in [3.05, 3.63) is 59.7 Å². The minimum Gasteiger partial charge on any atom is -0.492 e. The number of hydrogen-bond acceptors (Lipinski definition) is 3. The van der Waals surface area contributed by atoms with Crippen LogP contribution in [0, 0.1) is 6.92 Å². The van der Waals surface area contributed by atoms with E-state index in [0.717, 1.165) is 22.6 Å². The lowest BCUT2D eigenvalue weighted by molar-refractivity contribution is 0.192. The maximum atomic E-state index is 9.78. The number of aryl methyl sites for hydroxylation is 1. The summed E-state index contributed by atoms with van der Waals surface area (Å²) in [6.07, 6.45) is -0.508. The largest absolute Gasteiger partial charge is 0.492 e. The number of hydrogen-bond donors (Lipinski definition) is 1. The van der Waals surface area contributed by atoms with E-state index in [0.29, 0.717) is 6.61 Å². The van der Waals surface area contributed by atoms with E-state index in [9.17, 15) is 5.11 Å². The first-order valence-electron chi connectivity index (χ1n) is 6.76. The molecule has 0 heterocycles. The molecule has 106 valence electrons. The molecule has 0 aliphatic rings. The number of benzene rings is 2. The van der Waals surface area contributed by atoms with Gasteiger partial charge in [0.05, 0.1) is 12.7 Å². The normalized spacial score (nSPS) is 12.2. The zero-order chi connectivity index (χ0) is 14.4. The Kier molecular flexibility index (Phi) is 5.50. The van der Waals surface area contributed by atoms with Gasteiger partial charge in [0.15, 0.2) is 0 Å². The predicted octanol–water partition coefficient (Wildman–Crippen LogP) is 4.22. The first kappa shape index (κ1) is 14.9. The fourth-order valence-electron chi connectivity index (χ4n) is 1.95. The van der Waals surface area contributed by atoms with Crippen molar-refractivity contribution in [1.82, 2.24) is 0 Å². The summed E-state index contributed by atoms with van der Waals surface area (Å²) < 4.78 is 5.79. The third kappa shape index (κ3) is 4.29. The SMILES string of the molecule is Cc1ccc(OCCSc2ccccc2)c([C@H](C)O)c1. The number of ether oxygens (including phenoxy) is 1. The number of thioether (sulfide) groups is 1. The van der Waals surface area contributed by atoms with Gasteiger partial charge < -0.3 is 9.84 Å². The van der Waals surface area contributed by atoms with Crippen molar-refractivity contribution in [2.45, 2.75) is 24.8 Å². The molecule has 1 atom stereocenters. The van der Waals surface area contributed by atoms with E-state index in [4.69, 9.17) is 4.74 Å². The Balaban J connectivity index is 1.88. The third-order valence-corrected chi connectivity index (χ3v) is 3.94. The van der Waals surface area contributed by atoms with E-state index in [1.54, 1.807) is 18.7 Å². The zero-order valence-electron chi connectivity index (χ0n) is 11.9. The van der Waals surface area contributed by atoms with Gasteiger partial charge >= 0.3 is 0 Å². The van der Waals surface area contributed by atoms with Crippen LogP contribution in [0.25, 0.3) is 0 Å². The summed E-state index contributed by atoms with van der Waals surface area (Å²) in [4.78, 5) is 1.25. The van der Waals surface area contributed by atoms with Crippen molar-refractivity contribution in [1.29, 1.82) is 0 Å².